The maximum Gasteiger partial charge on any atom is 0.410 e. The monoisotopic (exact) mass is 257 g/mol. The Morgan fingerprint density at radius 2 is 1.89 bits per heavy atom. The molecule has 5 heteroatoms. The van der Waals surface area contributed by atoms with Crippen LogP contribution in [0, 0.1) is 0 Å². The minimum atomic E-state index is -0.184. The van der Waals surface area contributed by atoms with Crippen molar-refractivity contribution < 1.29 is 9.53 Å². The highest BCUT2D eigenvalue weighted by molar-refractivity contribution is 5.67. The third-order valence-electron chi connectivity index (χ3n) is 3.40. The number of ether oxygens (including phenoxy) is 1. The SMILES string of the molecule is CCC(CCN)N1CCN(C(=O)OC(C)C)CC1. The fraction of sp³-hybridized carbons (Fsp3) is 0.923. The Bertz CT molecular complexity index is 251. The molecule has 1 aliphatic heterocycles. The Morgan fingerprint density at radius 3 is 2.33 bits per heavy atom. The van der Waals surface area contributed by atoms with Crippen molar-refractivity contribution in [3.05, 3.63) is 0 Å². The lowest BCUT2D eigenvalue weighted by Gasteiger charge is -2.38. The Hall–Kier alpha value is -0.810. The van der Waals surface area contributed by atoms with E-state index in [2.05, 4.69) is 11.8 Å². The second-order valence-corrected chi connectivity index (χ2v) is 5.09. The number of hydrogen-bond donors (Lipinski definition) is 1. The molecule has 0 spiro atoms. The van der Waals surface area contributed by atoms with Gasteiger partial charge in [0.15, 0.2) is 0 Å². The fourth-order valence-electron chi connectivity index (χ4n) is 2.38. The van der Waals surface area contributed by atoms with Gasteiger partial charge in [0.05, 0.1) is 6.10 Å². The number of piperazine rings is 1. The Labute approximate surface area is 110 Å². The van der Waals surface area contributed by atoms with Crippen molar-refractivity contribution in [3.63, 3.8) is 0 Å². The van der Waals surface area contributed by atoms with Crippen molar-refractivity contribution in [1.29, 1.82) is 0 Å². The van der Waals surface area contributed by atoms with Crippen LogP contribution in [0.1, 0.15) is 33.6 Å². The van der Waals surface area contributed by atoms with Gasteiger partial charge >= 0.3 is 6.09 Å². The number of carbonyl (C=O) groups excluding carboxylic acids is 1. The van der Waals surface area contributed by atoms with Crippen LogP contribution in [0.4, 0.5) is 4.79 Å². The van der Waals surface area contributed by atoms with Crippen LogP contribution in [0.5, 0.6) is 0 Å². The van der Waals surface area contributed by atoms with E-state index in [4.69, 9.17) is 10.5 Å². The number of nitrogens with two attached hydrogens (primary N) is 1. The number of nitrogens with zero attached hydrogens (tertiary/aromatic N) is 2. The van der Waals surface area contributed by atoms with Crippen molar-refractivity contribution in [2.75, 3.05) is 32.7 Å². The molecule has 0 bridgehead atoms. The molecule has 1 unspecified atom stereocenters. The minimum Gasteiger partial charge on any atom is -0.447 e. The van der Waals surface area contributed by atoms with Crippen molar-refractivity contribution in [2.45, 2.75) is 45.8 Å². The van der Waals surface area contributed by atoms with Crippen LogP contribution in [0.25, 0.3) is 0 Å². The van der Waals surface area contributed by atoms with E-state index in [1.807, 2.05) is 13.8 Å². The zero-order valence-corrected chi connectivity index (χ0v) is 11.9. The molecule has 1 atom stereocenters. The summed E-state index contributed by atoms with van der Waals surface area (Å²) in [5.74, 6) is 0. The number of rotatable bonds is 5. The molecule has 0 aliphatic carbocycles. The molecule has 18 heavy (non-hydrogen) atoms. The van der Waals surface area contributed by atoms with Crippen LogP contribution >= 0.6 is 0 Å². The molecule has 106 valence electrons. The van der Waals surface area contributed by atoms with Gasteiger partial charge in [-0.05, 0) is 33.2 Å². The lowest BCUT2D eigenvalue weighted by molar-refractivity contribution is 0.0466. The van der Waals surface area contributed by atoms with E-state index in [0.717, 1.165) is 45.6 Å². The average Bonchev–Trinajstić information content (AvgIpc) is 2.35. The summed E-state index contributed by atoms with van der Waals surface area (Å²) in [6.45, 7) is 10.0. The maximum atomic E-state index is 11.7. The molecule has 2 N–H and O–H groups in total. The van der Waals surface area contributed by atoms with Crippen LogP contribution in [-0.4, -0.2) is 60.8 Å². The quantitative estimate of drug-likeness (QED) is 0.806. The first-order valence-corrected chi connectivity index (χ1v) is 6.98. The summed E-state index contributed by atoms with van der Waals surface area (Å²) in [7, 11) is 0. The maximum absolute atomic E-state index is 11.7. The summed E-state index contributed by atoms with van der Waals surface area (Å²) in [4.78, 5) is 16.0. The van der Waals surface area contributed by atoms with Gasteiger partial charge in [0.1, 0.15) is 0 Å². The van der Waals surface area contributed by atoms with Crippen molar-refractivity contribution in [1.82, 2.24) is 9.80 Å². The highest BCUT2D eigenvalue weighted by atomic mass is 16.6. The van der Waals surface area contributed by atoms with Crippen LogP contribution < -0.4 is 5.73 Å². The summed E-state index contributed by atoms with van der Waals surface area (Å²) in [5, 5.41) is 0. The molecular weight excluding hydrogens is 230 g/mol. The largest absolute Gasteiger partial charge is 0.447 e. The Morgan fingerprint density at radius 1 is 1.28 bits per heavy atom. The van der Waals surface area contributed by atoms with E-state index < -0.39 is 0 Å². The van der Waals surface area contributed by atoms with Gasteiger partial charge < -0.3 is 15.4 Å². The molecule has 1 amide bonds. The zero-order chi connectivity index (χ0) is 13.5. The fourth-order valence-corrected chi connectivity index (χ4v) is 2.38. The predicted molar refractivity (Wildman–Crippen MR) is 72.5 cm³/mol. The molecule has 5 nitrogen and oxygen atoms in total. The lowest BCUT2D eigenvalue weighted by atomic mass is 10.1. The van der Waals surface area contributed by atoms with Crippen LogP contribution in [0.15, 0.2) is 0 Å². The Kier molecular flexibility index (Phi) is 6.43. The van der Waals surface area contributed by atoms with Crippen molar-refractivity contribution >= 4 is 6.09 Å². The second-order valence-electron chi connectivity index (χ2n) is 5.09. The van der Waals surface area contributed by atoms with Gasteiger partial charge in [-0.1, -0.05) is 6.92 Å². The number of amides is 1. The van der Waals surface area contributed by atoms with Gasteiger partial charge in [0.2, 0.25) is 0 Å². The van der Waals surface area contributed by atoms with Gasteiger partial charge in [0.25, 0.3) is 0 Å². The van der Waals surface area contributed by atoms with E-state index >= 15 is 0 Å². The zero-order valence-electron chi connectivity index (χ0n) is 11.9. The van der Waals surface area contributed by atoms with E-state index in [9.17, 15) is 4.79 Å². The minimum absolute atomic E-state index is 0.0452. The molecule has 0 aromatic heterocycles. The first kappa shape index (κ1) is 15.2. The van der Waals surface area contributed by atoms with E-state index in [1.165, 1.54) is 0 Å². The number of hydrogen-bond acceptors (Lipinski definition) is 4. The topological polar surface area (TPSA) is 58.8 Å². The molecule has 0 aromatic carbocycles. The van der Waals surface area contributed by atoms with E-state index in [1.54, 1.807) is 4.90 Å². The number of carbonyl (C=O) groups is 1. The molecular formula is C13H27N3O2. The second kappa shape index (κ2) is 7.59. The first-order chi connectivity index (χ1) is 8.58. The third kappa shape index (κ3) is 4.46. The summed E-state index contributed by atoms with van der Waals surface area (Å²) >= 11 is 0. The Balaban J connectivity index is 2.38. The third-order valence-corrected chi connectivity index (χ3v) is 3.40. The summed E-state index contributed by atoms with van der Waals surface area (Å²) < 4.78 is 5.21. The molecule has 1 fully saturated rings. The summed E-state index contributed by atoms with van der Waals surface area (Å²) in [6.07, 6.45) is 1.92. The highest BCUT2D eigenvalue weighted by Gasteiger charge is 2.25. The van der Waals surface area contributed by atoms with Crippen LogP contribution in [-0.2, 0) is 4.74 Å². The molecule has 1 heterocycles. The predicted octanol–water partition coefficient (Wildman–Crippen LogP) is 1.28. The summed E-state index contributed by atoms with van der Waals surface area (Å²) in [5.41, 5.74) is 5.63. The van der Waals surface area contributed by atoms with Gasteiger partial charge in [0, 0.05) is 32.2 Å². The normalized spacial score (nSPS) is 19.1. The van der Waals surface area contributed by atoms with Crippen molar-refractivity contribution in [3.8, 4) is 0 Å². The molecule has 0 saturated carbocycles. The van der Waals surface area contributed by atoms with E-state index in [0.29, 0.717) is 6.04 Å². The van der Waals surface area contributed by atoms with Crippen molar-refractivity contribution in [2.24, 2.45) is 5.73 Å². The molecule has 0 aromatic rings. The van der Waals surface area contributed by atoms with E-state index in [-0.39, 0.29) is 12.2 Å². The smallest absolute Gasteiger partial charge is 0.410 e. The first-order valence-electron chi connectivity index (χ1n) is 6.98. The molecule has 1 saturated heterocycles. The average molecular weight is 257 g/mol. The van der Waals surface area contributed by atoms with Gasteiger partial charge in [-0.25, -0.2) is 4.79 Å². The lowest BCUT2D eigenvalue weighted by Crippen LogP contribution is -2.52. The molecule has 1 rings (SSSR count). The standard InChI is InChI=1S/C13H27N3O2/c1-4-12(5-6-14)15-7-9-16(10-8-15)13(17)18-11(2)3/h11-12H,4-10,14H2,1-3H3. The van der Waals surface area contributed by atoms with Crippen LogP contribution in [0.3, 0.4) is 0 Å². The van der Waals surface area contributed by atoms with Gasteiger partial charge in [-0.15, -0.1) is 0 Å². The van der Waals surface area contributed by atoms with Gasteiger partial charge in [-0.3, -0.25) is 4.90 Å². The van der Waals surface area contributed by atoms with Gasteiger partial charge in [-0.2, -0.15) is 0 Å². The molecule has 0 radical (unpaired) electrons. The van der Waals surface area contributed by atoms with Crippen LogP contribution in [0.2, 0.25) is 0 Å². The highest BCUT2D eigenvalue weighted by Crippen LogP contribution is 2.12. The summed E-state index contributed by atoms with van der Waals surface area (Å²) in [6, 6.07) is 0.554. The molecule has 1 aliphatic rings.